The second kappa shape index (κ2) is 7.39. The van der Waals surface area contributed by atoms with E-state index in [2.05, 4.69) is 16.4 Å². The molecule has 0 aliphatic heterocycles. The second-order valence-electron chi connectivity index (χ2n) is 6.31. The summed E-state index contributed by atoms with van der Waals surface area (Å²) in [5.74, 6) is 1.09. The maximum atomic E-state index is 11.9. The average Bonchev–Trinajstić information content (AvgIpc) is 3.21. The van der Waals surface area contributed by atoms with Gasteiger partial charge in [-0.25, -0.2) is 0 Å². The third kappa shape index (κ3) is 3.91. The van der Waals surface area contributed by atoms with Crippen molar-refractivity contribution in [3.8, 4) is 11.4 Å². The summed E-state index contributed by atoms with van der Waals surface area (Å²) < 4.78 is 7.16. The summed E-state index contributed by atoms with van der Waals surface area (Å²) in [5, 5.41) is 7.58. The fraction of sp³-hybridized carbons (Fsp3) is 0.250. The van der Waals surface area contributed by atoms with E-state index in [1.54, 1.807) is 30.7 Å². The maximum Gasteiger partial charge on any atom is 0.244 e. The van der Waals surface area contributed by atoms with E-state index in [-0.39, 0.29) is 5.91 Å². The Kier molecular flexibility index (Phi) is 4.64. The molecule has 3 heterocycles. The number of furan rings is 1. The molecule has 3 aromatic heterocycles. The molecule has 1 aliphatic rings. The summed E-state index contributed by atoms with van der Waals surface area (Å²) >= 11 is 0. The first-order valence-electron chi connectivity index (χ1n) is 8.78. The third-order valence-electron chi connectivity index (χ3n) is 4.30. The Morgan fingerprint density at radius 3 is 2.92 bits per heavy atom. The van der Waals surface area contributed by atoms with E-state index >= 15 is 0 Å². The zero-order valence-electron chi connectivity index (χ0n) is 14.3. The zero-order chi connectivity index (χ0) is 17.8. The van der Waals surface area contributed by atoms with E-state index < -0.39 is 0 Å². The van der Waals surface area contributed by atoms with Gasteiger partial charge in [0.15, 0.2) is 0 Å². The molecule has 0 bridgehead atoms. The molecule has 26 heavy (non-hydrogen) atoms. The van der Waals surface area contributed by atoms with Crippen molar-refractivity contribution >= 4 is 12.0 Å². The maximum absolute atomic E-state index is 11.9. The van der Waals surface area contributed by atoms with E-state index in [1.807, 2.05) is 22.9 Å². The summed E-state index contributed by atoms with van der Waals surface area (Å²) in [7, 11) is 0. The summed E-state index contributed by atoms with van der Waals surface area (Å²) in [5.41, 5.74) is 2.99. The summed E-state index contributed by atoms with van der Waals surface area (Å²) in [6.45, 7) is 1.16. The lowest BCUT2D eigenvalue weighted by Crippen LogP contribution is -2.26. The van der Waals surface area contributed by atoms with Crippen molar-refractivity contribution in [3.63, 3.8) is 0 Å². The normalized spacial score (nSPS) is 14.0. The molecule has 0 unspecified atom stereocenters. The topological polar surface area (TPSA) is 73.0 Å². The first-order valence-corrected chi connectivity index (χ1v) is 8.78. The van der Waals surface area contributed by atoms with Crippen LogP contribution in [-0.2, 0) is 11.3 Å². The molecule has 4 rings (SSSR count). The van der Waals surface area contributed by atoms with Crippen LogP contribution in [0.5, 0.6) is 0 Å². The number of hydrogen-bond acceptors (Lipinski definition) is 4. The van der Waals surface area contributed by atoms with Gasteiger partial charge in [-0.1, -0.05) is 6.07 Å². The van der Waals surface area contributed by atoms with Crippen LogP contribution in [0.1, 0.15) is 30.2 Å². The van der Waals surface area contributed by atoms with Gasteiger partial charge in [-0.3, -0.25) is 14.5 Å². The van der Waals surface area contributed by atoms with Crippen LogP contribution in [0, 0.1) is 0 Å². The van der Waals surface area contributed by atoms with Crippen molar-refractivity contribution in [2.24, 2.45) is 0 Å². The van der Waals surface area contributed by atoms with Gasteiger partial charge in [0.2, 0.25) is 5.91 Å². The summed E-state index contributed by atoms with van der Waals surface area (Å²) in [6.07, 6.45) is 8.88. The lowest BCUT2D eigenvalue weighted by atomic mass is 10.2. The van der Waals surface area contributed by atoms with Crippen molar-refractivity contribution in [2.45, 2.75) is 25.3 Å². The van der Waals surface area contributed by atoms with Gasteiger partial charge in [0.25, 0.3) is 0 Å². The van der Waals surface area contributed by atoms with Crippen LogP contribution in [0.25, 0.3) is 17.5 Å². The standard InChI is InChI=1S/C20H20N4O2/c25-20(9-8-16-4-3-13-26-16)22-11-12-24-19(15-6-7-15)14-18(23-24)17-5-1-2-10-21-17/h1-5,8-10,13-15H,6-7,11-12H2,(H,22,25)/b9-8+. The second-order valence-corrected chi connectivity index (χ2v) is 6.31. The number of nitrogens with one attached hydrogen (secondary N) is 1. The molecular weight excluding hydrogens is 328 g/mol. The van der Waals surface area contributed by atoms with Crippen molar-refractivity contribution < 1.29 is 9.21 Å². The number of carbonyl (C=O) groups is 1. The molecule has 132 valence electrons. The fourth-order valence-corrected chi connectivity index (χ4v) is 2.85. The number of nitrogens with zero attached hydrogens (tertiary/aromatic N) is 3. The number of pyridine rings is 1. The minimum atomic E-state index is -0.147. The first kappa shape index (κ1) is 16.3. The van der Waals surface area contributed by atoms with Gasteiger partial charge in [-0.15, -0.1) is 0 Å². The Hall–Kier alpha value is -3.15. The van der Waals surface area contributed by atoms with Crippen LogP contribution in [0.3, 0.4) is 0 Å². The molecule has 6 nitrogen and oxygen atoms in total. The van der Waals surface area contributed by atoms with Gasteiger partial charge in [-0.05, 0) is 49.2 Å². The van der Waals surface area contributed by atoms with Gasteiger partial charge in [0.1, 0.15) is 11.5 Å². The highest BCUT2D eigenvalue weighted by atomic mass is 16.3. The van der Waals surface area contributed by atoms with E-state index in [0.717, 1.165) is 11.4 Å². The van der Waals surface area contributed by atoms with Crippen molar-refractivity contribution in [1.82, 2.24) is 20.1 Å². The van der Waals surface area contributed by atoms with Crippen LogP contribution in [0.4, 0.5) is 0 Å². The van der Waals surface area contributed by atoms with Crippen molar-refractivity contribution in [3.05, 3.63) is 66.4 Å². The molecule has 0 radical (unpaired) electrons. The van der Waals surface area contributed by atoms with Gasteiger partial charge < -0.3 is 9.73 Å². The third-order valence-corrected chi connectivity index (χ3v) is 4.30. The van der Waals surface area contributed by atoms with Crippen LogP contribution < -0.4 is 5.32 Å². The number of aromatic nitrogens is 3. The highest BCUT2D eigenvalue weighted by Crippen LogP contribution is 2.41. The van der Waals surface area contributed by atoms with Gasteiger partial charge >= 0.3 is 0 Å². The Labute approximate surface area is 151 Å². The van der Waals surface area contributed by atoms with Gasteiger partial charge in [0.05, 0.1) is 18.5 Å². The van der Waals surface area contributed by atoms with Gasteiger partial charge in [-0.2, -0.15) is 5.10 Å². The van der Waals surface area contributed by atoms with Crippen LogP contribution in [0.2, 0.25) is 0 Å². The lowest BCUT2D eigenvalue weighted by Gasteiger charge is -2.07. The van der Waals surface area contributed by atoms with Crippen LogP contribution >= 0.6 is 0 Å². The Morgan fingerprint density at radius 1 is 1.27 bits per heavy atom. The smallest absolute Gasteiger partial charge is 0.244 e. The molecule has 6 heteroatoms. The van der Waals surface area contributed by atoms with E-state index in [4.69, 9.17) is 9.52 Å². The van der Waals surface area contributed by atoms with Gasteiger partial charge in [0, 0.05) is 30.4 Å². The Balaban J connectivity index is 1.38. The fourth-order valence-electron chi connectivity index (χ4n) is 2.85. The predicted molar refractivity (Wildman–Crippen MR) is 98.2 cm³/mol. The molecule has 0 saturated heterocycles. The monoisotopic (exact) mass is 348 g/mol. The molecule has 1 aliphatic carbocycles. The molecular formula is C20H20N4O2. The molecule has 1 amide bonds. The molecule has 1 saturated carbocycles. The minimum absolute atomic E-state index is 0.147. The highest BCUT2D eigenvalue weighted by Gasteiger charge is 2.28. The number of rotatable bonds is 7. The summed E-state index contributed by atoms with van der Waals surface area (Å²) in [6, 6.07) is 11.5. The zero-order valence-corrected chi connectivity index (χ0v) is 14.3. The van der Waals surface area contributed by atoms with E-state index in [0.29, 0.717) is 24.8 Å². The number of hydrogen-bond donors (Lipinski definition) is 1. The first-order chi connectivity index (χ1) is 12.8. The van der Waals surface area contributed by atoms with Crippen LogP contribution in [0.15, 0.2) is 59.4 Å². The van der Waals surface area contributed by atoms with Crippen LogP contribution in [-0.4, -0.2) is 27.2 Å². The number of carbonyl (C=O) groups excluding carboxylic acids is 1. The molecule has 0 aromatic carbocycles. The Bertz CT molecular complexity index is 893. The average molecular weight is 348 g/mol. The SMILES string of the molecule is O=C(/C=C/c1ccco1)NCCn1nc(-c2ccccn2)cc1C1CC1. The molecule has 3 aromatic rings. The summed E-state index contributed by atoms with van der Waals surface area (Å²) in [4.78, 5) is 16.3. The highest BCUT2D eigenvalue weighted by molar-refractivity contribution is 5.91. The van der Waals surface area contributed by atoms with Crippen molar-refractivity contribution in [2.75, 3.05) is 6.54 Å². The quantitative estimate of drug-likeness (QED) is 0.665. The molecule has 1 N–H and O–H groups in total. The van der Waals surface area contributed by atoms with E-state index in [1.165, 1.54) is 24.6 Å². The largest absolute Gasteiger partial charge is 0.465 e. The molecule has 0 spiro atoms. The van der Waals surface area contributed by atoms with E-state index in [9.17, 15) is 4.79 Å². The lowest BCUT2D eigenvalue weighted by molar-refractivity contribution is -0.116. The molecule has 1 fully saturated rings. The molecule has 0 atom stereocenters. The predicted octanol–water partition coefficient (Wildman–Crippen LogP) is 3.25. The number of amides is 1. The van der Waals surface area contributed by atoms with Crippen molar-refractivity contribution in [1.29, 1.82) is 0 Å². The Morgan fingerprint density at radius 2 is 2.19 bits per heavy atom. The minimum Gasteiger partial charge on any atom is -0.465 e.